The molecule has 9 heteroatoms. The Balaban J connectivity index is 1.42. The SMILES string of the molecule is COc1cc(C)c(S(=O)N(C)CC(=O)NCC(=O)N(C)CC2CCN(Cc3ccccc3)C2)c(C)c1. The maximum absolute atomic E-state index is 13.0. The third-order valence-electron chi connectivity index (χ3n) is 6.51. The zero-order chi connectivity index (χ0) is 26.2. The van der Waals surface area contributed by atoms with Crippen molar-refractivity contribution in [2.75, 3.05) is 53.9 Å². The smallest absolute Gasteiger partial charge is 0.241 e. The van der Waals surface area contributed by atoms with Crippen LogP contribution in [0.5, 0.6) is 5.75 Å². The van der Waals surface area contributed by atoms with Crippen molar-refractivity contribution in [3.05, 3.63) is 59.2 Å². The van der Waals surface area contributed by atoms with Crippen molar-refractivity contribution in [2.24, 2.45) is 5.92 Å². The lowest BCUT2D eigenvalue weighted by atomic mass is 10.1. The number of ether oxygens (including phenoxy) is 1. The number of methoxy groups -OCH3 is 1. The highest BCUT2D eigenvalue weighted by Gasteiger charge is 2.25. The van der Waals surface area contributed by atoms with Gasteiger partial charge >= 0.3 is 0 Å². The molecule has 2 unspecified atom stereocenters. The topological polar surface area (TPSA) is 82.2 Å². The normalized spacial score (nSPS) is 16.7. The molecule has 2 aromatic carbocycles. The van der Waals surface area contributed by atoms with Gasteiger partial charge < -0.3 is 15.0 Å². The number of carbonyl (C=O) groups excluding carboxylic acids is 2. The van der Waals surface area contributed by atoms with E-state index in [2.05, 4.69) is 34.5 Å². The highest BCUT2D eigenvalue weighted by Crippen LogP contribution is 2.25. The number of nitrogens with zero attached hydrogens (tertiary/aromatic N) is 3. The first kappa shape index (κ1) is 27.8. The molecule has 1 saturated heterocycles. The number of rotatable bonds is 11. The minimum atomic E-state index is -1.51. The first-order valence-corrected chi connectivity index (χ1v) is 13.3. The van der Waals surface area contributed by atoms with Crippen molar-refractivity contribution < 1.29 is 18.5 Å². The van der Waals surface area contributed by atoms with Gasteiger partial charge in [-0.1, -0.05) is 30.3 Å². The van der Waals surface area contributed by atoms with Crippen LogP contribution in [0.2, 0.25) is 0 Å². The Morgan fingerprint density at radius 3 is 2.44 bits per heavy atom. The molecule has 2 atom stereocenters. The molecule has 1 N–H and O–H groups in total. The number of aryl methyl sites for hydroxylation is 2. The standard InChI is InChI=1S/C27H38N4O4S/c1-20-13-24(35-5)14-21(2)27(20)36(34)30(4)19-25(32)28-15-26(33)29(3)16-23-11-12-31(18-23)17-22-9-7-6-8-10-22/h6-10,13-14,23H,11-12,15-19H2,1-5H3,(H,28,32). The van der Waals surface area contributed by atoms with Crippen LogP contribution < -0.4 is 10.1 Å². The molecule has 3 rings (SSSR count). The van der Waals surface area contributed by atoms with Gasteiger partial charge in [0.1, 0.15) is 16.7 Å². The Morgan fingerprint density at radius 1 is 1.14 bits per heavy atom. The molecule has 0 aliphatic carbocycles. The van der Waals surface area contributed by atoms with Gasteiger partial charge in [0.05, 0.1) is 25.1 Å². The Kier molecular flexibility index (Phi) is 10.0. The summed E-state index contributed by atoms with van der Waals surface area (Å²) in [5, 5.41) is 2.68. The van der Waals surface area contributed by atoms with Crippen molar-refractivity contribution in [3.8, 4) is 5.75 Å². The number of hydrogen-bond acceptors (Lipinski definition) is 5. The van der Waals surface area contributed by atoms with Crippen LogP contribution in [0.25, 0.3) is 0 Å². The van der Waals surface area contributed by atoms with Gasteiger partial charge in [0.25, 0.3) is 0 Å². The summed E-state index contributed by atoms with van der Waals surface area (Å²) in [5.41, 5.74) is 2.97. The van der Waals surface area contributed by atoms with Gasteiger partial charge in [0.15, 0.2) is 0 Å². The van der Waals surface area contributed by atoms with E-state index in [0.717, 1.165) is 37.2 Å². The molecule has 0 spiro atoms. The number of carbonyl (C=O) groups is 2. The van der Waals surface area contributed by atoms with Crippen LogP contribution in [-0.4, -0.2) is 84.1 Å². The molecular weight excluding hydrogens is 476 g/mol. The first-order chi connectivity index (χ1) is 17.2. The summed E-state index contributed by atoms with van der Waals surface area (Å²) < 4.78 is 19.8. The van der Waals surface area contributed by atoms with Crippen LogP contribution in [-0.2, 0) is 27.1 Å². The Bertz CT molecular complexity index is 1060. The Hall–Kier alpha value is -2.75. The molecule has 1 aliphatic rings. The van der Waals surface area contributed by atoms with Crippen molar-refractivity contribution in [3.63, 3.8) is 0 Å². The summed E-state index contributed by atoms with van der Waals surface area (Å²) in [7, 11) is 3.50. The second-order valence-electron chi connectivity index (χ2n) is 9.55. The van der Waals surface area contributed by atoms with Gasteiger partial charge in [0.2, 0.25) is 11.8 Å². The molecule has 0 aromatic heterocycles. The fraction of sp³-hybridized carbons (Fsp3) is 0.481. The molecule has 0 saturated carbocycles. The maximum Gasteiger partial charge on any atom is 0.241 e. The van der Waals surface area contributed by atoms with E-state index in [0.29, 0.717) is 23.1 Å². The highest BCUT2D eigenvalue weighted by molar-refractivity contribution is 7.82. The predicted molar refractivity (Wildman–Crippen MR) is 142 cm³/mol. The number of likely N-dealkylation sites (N-methyl/N-ethyl adjacent to an activating group) is 2. The molecule has 2 amide bonds. The highest BCUT2D eigenvalue weighted by atomic mass is 32.2. The first-order valence-electron chi connectivity index (χ1n) is 12.2. The van der Waals surface area contributed by atoms with Crippen LogP contribution in [0.1, 0.15) is 23.1 Å². The van der Waals surface area contributed by atoms with Crippen LogP contribution in [0.3, 0.4) is 0 Å². The molecule has 36 heavy (non-hydrogen) atoms. The van der Waals surface area contributed by atoms with E-state index in [4.69, 9.17) is 4.74 Å². The fourth-order valence-corrected chi connectivity index (χ4v) is 5.84. The second-order valence-corrected chi connectivity index (χ2v) is 11.1. The molecule has 1 heterocycles. The van der Waals surface area contributed by atoms with Crippen molar-refractivity contribution in [1.29, 1.82) is 0 Å². The summed E-state index contributed by atoms with van der Waals surface area (Å²) in [6.45, 7) is 7.17. The van der Waals surface area contributed by atoms with Crippen molar-refractivity contribution in [2.45, 2.75) is 31.7 Å². The molecule has 8 nitrogen and oxygen atoms in total. The second kappa shape index (κ2) is 13.0. The summed E-state index contributed by atoms with van der Waals surface area (Å²) in [6.07, 6.45) is 1.05. The Labute approximate surface area is 217 Å². The van der Waals surface area contributed by atoms with E-state index in [9.17, 15) is 13.8 Å². The average molecular weight is 515 g/mol. The monoisotopic (exact) mass is 514 g/mol. The van der Waals surface area contributed by atoms with Crippen LogP contribution >= 0.6 is 0 Å². The maximum atomic E-state index is 13.0. The van der Waals surface area contributed by atoms with E-state index < -0.39 is 11.0 Å². The zero-order valence-corrected chi connectivity index (χ0v) is 22.8. The molecular formula is C27H38N4O4S. The van der Waals surface area contributed by atoms with Gasteiger partial charge in [-0.3, -0.25) is 14.5 Å². The zero-order valence-electron chi connectivity index (χ0n) is 22.0. The average Bonchev–Trinajstić information content (AvgIpc) is 3.28. The summed E-state index contributed by atoms with van der Waals surface area (Å²) in [6, 6.07) is 14.1. The summed E-state index contributed by atoms with van der Waals surface area (Å²) in [5.74, 6) is 0.653. The van der Waals surface area contributed by atoms with Crippen LogP contribution in [0.15, 0.2) is 47.4 Å². The minimum Gasteiger partial charge on any atom is -0.497 e. The molecule has 196 valence electrons. The minimum absolute atomic E-state index is 0.0726. The number of amides is 2. The van der Waals surface area contributed by atoms with E-state index in [-0.39, 0.29) is 24.9 Å². The van der Waals surface area contributed by atoms with Gasteiger partial charge in [-0.25, -0.2) is 8.51 Å². The number of hydrogen-bond donors (Lipinski definition) is 1. The number of nitrogens with one attached hydrogen (secondary N) is 1. The lowest BCUT2D eigenvalue weighted by molar-refractivity contribution is -0.132. The van der Waals surface area contributed by atoms with Crippen LogP contribution in [0, 0.1) is 19.8 Å². The van der Waals surface area contributed by atoms with Gasteiger partial charge in [0, 0.05) is 33.7 Å². The summed E-state index contributed by atoms with van der Waals surface area (Å²) >= 11 is 0. The predicted octanol–water partition coefficient (Wildman–Crippen LogP) is 2.36. The van der Waals surface area contributed by atoms with E-state index >= 15 is 0 Å². The molecule has 1 aliphatic heterocycles. The molecule has 2 aromatic rings. The molecule has 0 radical (unpaired) electrons. The fourth-order valence-electron chi connectivity index (χ4n) is 4.62. The molecule has 1 fully saturated rings. The number of benzene rings is 2. The van der Waals surface area contributed by atoms with Gasteiger partial charge in [-0.2, -0.15) is 0 Å². The Morgan fingerprint density at radius 2 is 1.81 bits per heavy atom. The number of likely N-dealkylation sites (tertiary alicyclic amines) is 1. The van der Waals surface area contributed by atoms with E-state index in [1.54, 1.807) is 26.1 Å². The van der Waals surface area contributed by atoms with Crippen molar-refractivity contribution >= 4 is 22.8 Å². The summed E-state index contributed by atoms with van der Waals surface area (Å²) in [4.78, 5) is 29.9. The van der Waals surface area contributed by atoms with Gasteiger partial charge in [-0.15, -0.1) is 0 Å². The third-order valence-corrected chi connectivity index (χ3v) is 8.20. The lowest BCUT2D eigenvalue weighted by Gasteiger charge is -2.23. The van der Waals surface area contributed by atoms with Crippen molar-refractivity contribution in [1.82, 2.24) is 19.4 Å². The van der Waals surface area contributed by atoms with E-state index in [1.807, 2.05) is 32.0 Å². The molecule has 0 bridgehead atoms. The van der Waals surface area contributed by atoms with E-state index in [1.165, 1.54) is 9.87 Å². The lowest BCUT2D eigenvalue weighted by Crippen LogP contribution is -2.43. The third kappa shape index (κ3) is 7.62. The van der Waals surface area contributed by atoms with Gasteiger partial charge in [-0.05, 0) is 61.6 Å². The van der Waals surface area contributed by atoms with Crippen LogP contribution in [0.4, 0.5) is 0 Å². The quantitative estimate of drug-likeness (QED) is 0.498. The largest absolute Gasteiger partial charge is 0.497 e.